The maximum Gasteiger partial charge on any atom is 0.255 e. The van der Waals surface area contributed by atoms with Crippen LogP contribution in [0.25, 0.3) is 21.9 Å². The van der Waals surface area contributed by atoms with Gasteiger partial charge in [0.25, 0.3) is 5.91 Å². The van der Waals surface area contributed by atoms with Crippen LogP contribution in [-0.4, -0.2) is 17.7 Å². The van der Waals surface area contributed by atoms with E-state index in [4.69, 9.17) is 27.6 Å². The normalized spacial score (nSPS) is 12.2. The van der Waals surface area contributed by atoms with Crippen molar-refractivity contribution in [2.45, 2.75) is 25.8 Å². The molecule has 4 aromatic rings. The molecule has 4 nitrogen and oxygen atoms in total. The van der Waals surface area contributed by atoms with Gasteiger partial charge in [-0.3, -0.25) is 9.59 Å². The van der Waals surface area contributed by atoms with Gasteiger partial charge in [-0.05, 0) is 43.2 Å². The van der Waals surface area contributed by atoms with Crippen molar-refractivity contribution in [1.29, 1.82) is 0 Å². The van der Waals surface area contributed by atoms with Gasteiger partial charge < -0.3 is 9.73 Å². The number of ketones is 1. The molecule has 1 amide bonds. The van der Waals surface area contributed by atoms with Crippen molar-refractivity contribution in [3.63, 3.8) is 0 Å². The Kier molecular flexibility index (Phi) is 5.80. The third-order valence-corrected chi connectivity index (χ3v) is 5.59. The number of furan rings is 1. The van der Waals surface area contributed by atoms with Gasteiger partial charge in [-0.1, -0.05) is 59.6 Å². The monoisotopic (exact) mass is 439 g/mol. The zero-order valence-electron chi connectivity index (χ0n) is 16.2. The van der Waals surface area contributed by atoms with Crippen molar-refractivity contribution in [2.24, 2.45) is 0 Å². The van der Waals surface area contributed by atoms with Crippen LogP contribution in [-0.2, 0) is 11.2 Å². The molecule has 0 aliphatic carbocycles. The Morgan fingerprint density at radius 2 is 1.77 bits per heavy atom. The number of Topliss-reactive ketones (excluding diaryl/α,β-unsaturated/α-hetero) is 1. The third kappa shape index (κ3) is 4.20. The van der Waals surface area contributed by atoms with E-state index < -0.39 is 6.04 Å². The number of carbonyl (C=O) groups excluding carboxylic acids is 2. The Morgan fingerprint density at radius 3 is 2.53 bits per heavy atom. The van der Waals surface area contributed by atoms with Crippen molar-refractivity contribution in [1.82, 2.24) is 5.32 Å². The molecular weight excluding hydrogens is 421 g/mol. The Balaban J connectivity index is 1.64. The fraction of sp³-hybridized carbons (Fsp3) is 0.167. The van der Waals surface area contributed by atoms with Gasteiger partial charge in [-0.25, -0.2) is 0 Å². The maximum absolute atomic E-state index is 13.1. The molecule has 0 saturated carbocycles. The van der Waals surface area contributed by atoms with Gasteiger partial charge >= 0.3 is 0 Å². The van der Waals surface area contributed by atoms with Crippen LogP contribution in [0.1, 0.15) is 29.3 Å². The van der Waals surface area contributed by atoms with E-state index in [0.717, 1.165) is 21.9 Å². The lowest BCUT2D eigenvalue weighted by atomic mass is 10.0. The number of amides is 1. The highest BCUT2D eigenvalue weighted by atomic mass is 35.5. The fourth-order valence-corrected chi connectivity index (χ4v) is 4.15. The van der Waals surface area contributed by atoms with E-state index in [9.17, 15) is 9.59 Å². The highest BCUT2D eigenvalue weighted by molar-refractivity contribution is 6.35. The van der Waals surface area contributed by atoms with Crippen LogP contribution < -0.4 is 5.32 Å². The van der Waals surface area contributed by atoms with Gasteiger partial charge in [-0.15, -0.1) is 0 Å². The van der Waals surface area contributed by atoms with Gasteiger partial charge in [0.15, 0.2) is 0 Å². The molecule has 1 N–H and O–H groups in total. The minimum atomic E-state index is -0.409. The second kappa shape index (κ2) is 8.50. The molecule has 0 aliphatic heterocycles. The highest BCUT2D eigenvalue weighted by Gasteiger charge is 2.21. The summed E-state index contributed by atoms with van der Waals surface area (Å²) in [7, 11) is 0. The zero-order chi connectivity index (χ0) is 21.3. The highest BCUT2D eigenvalue weighted by Crippen LogP contribution is 2.31. The first-order valence-corrected chi connectivity index (χ1v) is 10.3. The quantitative estimate of drug-likeness (QED) is 0.388. The van der Waals surface area contributed by atoms with E-state index in [-0.39, 0.29) is 18.1 Å². The number of benzene rings is 3. The summed E-state index contributed by atoms with van der Waals surface area (Å²) < 4.78 is 5.95. The van der Waals surface area contributed by atoms with E-state index in [1.165, 1.54) is 6.92 Å². The molecule has 6 heteroatoms. The molecule has 0 bridgehead atoms. The van der Waals surface area contributed by atoms with Crippen LogP contribution in [0.15, 0.2) is 65.1 Å². The Bertz CT molecular complexity index is 1260. The van der Waals surface area contributed by atoms with E-state index in [1.807, 2.05) is 42.5 Å². The molecule has 1 unspecified atom stereocenters. The number of hydrogen-bond acceptors (Lipinski definition) is 3. The number of nitrogens with one attached hydrogen (secondary N) is 1. The molecule has 0 spiro atoms. The molecule has 0 saturated heterocycles. The van der Waals surface area contributed by atoms with Gasteiger partial charge in [0.1, 0.15) is 16.9 Å². The second-order valence-electron chi connectivity index (χ2n) is 7.30. The summed E-state index contributed by atoms with van der Waals surface area (Å²) >= 11 is 12.3. The van der Waals surface area contributed by atoms with Crippen molar-refractivity contribution < 1.29 is 14.0 Å². The lowest BCUT2D eigenvalue weighted by Gasteiger charge is -2.18. The molecule has 30 heavy (non-hydrogen) atoms. The Labute approximate surface area is 183 Å². The van der Waals surface area contributed by atoms with Crippen LogP contribution in [0.5, 0.6) is 0 Å². The molecule has 1 atom stereocenters. The number of rotatable bonds is 6. The molecular formula is C24H19Cl2NO3. The largest absolute Gasteiger partial charge is 0.455 e. The predicted molar refractivity (Wildman–Crippen MR) is 120 cm³/mol. The fourth-order valence-electron chi connectivity index (χ4n) is 3.66. The van der Waals surface area contributed by atoms with Gasteiger partial charge in [0, 0.05) is 33.3 Å². The van der Waals surface area contributed by atoms with Crippen LogP contribution in [0.4, 0.5) is 0 Å². The first kappa shape index (κ1) is 20.5. The number of fused-ring (bicyclic) bond motifs is 3. The van der Waals surface area contributed by atoms with Crippen LogP contribution in [0.2, 0.25) is 10.0 Å². The summed E-state index contributed by atoms with van der Waals surface area (Å²) in [6.45, 7) is 1.50. The predicted octanol–water partition coefficient (Wildman–Crippen LogP) is 6.21. The average Bonchev–Trinajstić information content (AvgIpc) is 3.08. The summed E-state index contributed by atoms with van der Waals surface area (Å²) in [5.74, 6) is -0.316. The molecule has 3 aromatic carbocycles. The van der Waals surface area contributed by atoms with Crippen molar-refractivity contribution in [3.05, 3.63) is 81.8 Å². The minimum Gasteiger partial charge on any atom is -0.455 e. The molecule has 4 rings (SSSR count). The van der Waals surface area contributed by atoms with Gasteiger partial charge in [-0.2, -0.15) is 0 Å². The van der Waals surface area contributed by atoms with Crippen molar-refractivity contribution in [3.8, 4) is 0 Å². The third-order valence-electron chi connectivity index (χ3n) is 5.00. The first-order chi connectivity index (χ1) is 14.4. The first-order valence-electron chi connectivity index (χ1n) is 9.57. The van der Waals surface area contributed by atoms with Crippen LogP contribution in [0, 0.1) is 0 Å². The minimum absolute atomic E-state index is 0.0210. The van der Waals surface area contributed by atoms with Crippen molar-refractivity contribution in [2.75, 3.05) is 0 Å². The summed E-state index contributed by atoms with van der Waals surface area (Å²) in [5.41, 5.74) is 2.50. The Hall–Kier alpha value is -2.82. The van der Waals surface area contributed by atoms with Crippen LogP contribution >= 0.6 is 23.2 Å². The standard InChI is InChI=1S/C24H19Cl2NO3/c1-14(28)11-17(12-15-9-10-16(25)13-21(15)26)27-24(29)20-7-4-6-19-18-5-2-3-8-22(18)30-23(19)20/h2-10,13,17H,11-12H2,1H3,(H,27,29). The lowest BCUT2D eigenvalue weighted by molar-refractivity contribution is -0.117. The molecule has 1 heterocycles. The molecule has 0 radical (unpaired) electrons. The zero-order valence-corrected chi connectivity index (χ0v) is 17.8. The van der Waals surface area contributed by atoms with E-state index >= 15 is 0 Å². The summed E-state index contributed by atoms with van der Waals surface area (Å²) in [4.78, 5) is 24.9. The second-order valence-corrected chi connectivity index (χ2v) is 8.14. The summed E-state index contributed by atoms with van der Waals surface area (Å²) in [6.07, 6.45) is 0.609. The topological polar surface area (TPSA) is 59.3 Å². The Morgan fingerprint density at radius 1 is 1.00 bits per heavy atom. The van der Waals surface area contributed by atoms with E-state index in [2.05, 4.69) is 5.32 Å². The van der Waals surface area contributed by atoms with E-state index in [1.54, 1.807) is 18.2 Å². The van der Waals surface area contributed by atoms with E-state index in [0.29, 0.717) is 27.6 Å². The van der Waals surface area contributed by atoms with Crippen LogP contribution in [0.3, 0.4) is 0 Å². The number of para-hydroxylation sites is 2. The number of halogens is 2. The summed E-state index contributed by atoms with van der Waals surface area (Å²) in [5, 5.41) is 5.85. The smallest absolute Gasteiger partial charge is 0.255 e. The number of carbonyl (C=O) groups is 2. The average molecular weight is 440 g/mol. The number of hydrogen-bond donors (Lipinski definition) is 1. The maximum atomic E-state index is 13.1. The molecule has 0 fully saturated rings. The molecule has 152 valence electrons. The van der Waals surface area contributed by atoms with Gasteiger partial charge in [0.05, 0.1) is 5.56 Å². The molecule has 0 aliphatic rings. The van der Waals surface area contributed by atoms with Gasteiger partial charge in [0.2, 0.25) is 0 Å². The summed E-state index contributed by atoms with van der Waals surface area (Å²) in [6, 6.07) is 17.9. The van der Waals surface area contributed by atoms with Crippen molar-refractivity contribution >= 4 is 56.8 Å². The lowest BCUT2D eigenvalue weighted by Crippen LogP contribution is -2.38. The SMILES string of the molecule is CC(=O)CC(Cc1ccc(Cl)cc1Cl)NC(=O)c1cccc2c1oc1ccccc12. The molecule has 1 aromatic heterocycles.